The smallest absolute Gasteiger partial charge is 0.159 e. The molecule has 2 aromatic heterocycles. The number of furan rings is 1. The zero-order valence-corrected chi connectivity index (χ0v) is 27.1. The summed E-state index contributed by atoms with van der Waals surface area (Å²) in [6.07, 6.45) is 1.83. The molecule has 0 fully saturated rings. The molecule has 0 spiro atoms. The topological polar surface area (TPSA) is 29.3 Å². The minimum absolute atomic E-state index is 0.839. The summed E-state index contributed by atoms with van der Waals surface area (Å²) in [5.41, 5.74) is 10.4. The van der Waals surface area contributed by atoms with Gasteiger partial charge in [0, 0.05) is 33.6 Å². The van der Waals surface area contributed by atoms with Crippen LogP contribution in [0.25, 0.3) is 76.6 Å². The van der Waals surface area contributed by atoms with E-state index in [0.29, 0.717) is 0 Å². The highest BCUT2D eigenvalue weighted by Gasteiger charge is 2.22. The molecule has 0 radical (unpaired) electrons. The predicted octanol–water partition coefficient (Wildman–Crippen LogP) is 13.2. The molecular weight excluding hydrogens is 609 g/mol. The highest BCUT2D eigenvalue weighted by atomic mass is 16.3. The van der Waals surface area contributed by atoms with E-state index in [1.54, 1.807) is 0 Å². The molecule has 0 aliphatic carbocycles. The molecule has 2 heterocycles. The van der Waals surface area contributed by atoms with E-state index >= 15 is 0 Å². The molecule has 234 valence electrons. The third-order valence-electron chi connectivity index (χ3n) is 9.88. The summed E-state index contributed by atoms with van der Waals surface area (Å²) in [5.74, 6) is 0. The van der Waals surface area contributed by atoms with Crippen LogP contribution in [0.5, 0.6) is 0 Å². The predicted molar refractivity (Wildman–Crippen MR) is 210 cm³/mol. The van der Waals surface area contributed by atoms with Crippen LogP contribution in [0.15, 0.2) is 187 Å². The van der Waals surface area contributed by atoms with E-state index in [1.165, 1.54) is 32.7 Å². The molecular formula is C47H30N2O. The first-order valence-corrected chi connectivity index (χ1v) is 17.0. The van der Waals surface area contributed by atoms with Gasteiger partial charge in [0.15, 0.2) is 5.58 Å². The fraction of sp³-hybridized carbons (Fsp3) is 0. The average Bonchev–Trinajstić information content (AvgIpc) is 3.58. The first-order valence-electron chi connectivity index (χ1n) is 17.0. The normalized spacial score (nSPS) is 11.6. The van der Waals surface area contributed by atoms with Gasteiger partial charge in [-0.3, -0.25) is 4.98 Å². The van der Waals surface area contributed by atoms with Gasteiger partial charge in [0.25, 0.3) is 0 Å². The summed E-state index contributed by atoms with van der Waals surface area (Å²) < 4.78 is 6.88. The van der Waals surface area contributed by atoms with E-state index in [1.807, 2.05) is 12.3 Å². The fourth-order valence-corrected chi connectivity index (χ4v) is 7.42. The van der Waals surface area contributed by atoms with Crippen molar-refractivity contribution in [1.29, 1.82) is 0 Å². The van der Waals surface area contributed by atoms with Crippen molar-refractivity contribution in [3.05, 3.63) is 182 Å². The number of nitrogens with zero attached hydrogens (tertiary/aromatic N) is 2. The largest absolute Gasteiger partial charge is 0.453 e. The highest BCUT2D eigenvalue weighted by Crippen LogP contribution is 2.46. The maximum Gasteiger partial charge on any atom is 0.159 e. The van der Waals surface area contributed by atoms with Gasteiger partial charge in [-0.2, -0.15) is 0 Å². The minimum atomic E-state index is 0.839. The lowest BCUT2D eigenvalue weighted by Crippen LogP contribution is -2.11. The van der Waals surface area contributed by atoms with Gasteiger partial charge in [-0.05, 0) is 98.9 Å². The second kappa shape index (κ2) is 11.5. The molecule has 0 bridgehead atoms. The lowest BCUT2D eigenvalue weighted by molar-refractivity contribution is 0.672. The standard InChI is InChI=1S/C47H30N2O/c1-3-11-34-29-36(20-18-31(34)9-1)33-22-24-38(25-23-33)49(44-16-6-5-13-39(44)37-21-19-32-10-2-4-12-35(32)30-37)45-17-7-14-40-41-26-27-43-42(15-8-28-48-43)46(41)50-47(40)45/h1-30H. The monoisotopic (exact) mass is 638 g/mol. The van der Waals surface area contributed by atoms with Crippen molar-refractivity contribution in [2.75, 3.05) is 4.90 Å². The Hall–Kier alpha value is -6.71. The number of pyridine rings is 1. The Kier molecular flexibility index (Phi) is 6.49. The second-order valence-electron chi connectivity index (χ2n) is 12.8. The molecule has 0 aliphatic rings. The van der Waals surface area contributed by atoms with Crippen LogP contribution >= 0.6 is 0 Å². The molecule has 0 amide bonds. The van der Waals surface area contributed by atoms with E-state index < -0.39 is 0 Å². The Morgan fingerprint density at radius 2 is 1.02 bits per heavy atom. The SMILES string of the molecule is c1ccc(N(c2ccc(-c3ccc4ccccc4c3)cc2)c2cccc3c2oc2c4cccnc4ccc32)c(-c2ccc3ccccc3c2)c1. The number of para-hydroxylation sites is 2. The number of anilines is 3. The number of hydrogen-bond donors (Lipinski definition) is 0. The third-order valence-corrected chi connectivity index (χ3v) is 9.88. The Labute approximate surface area is 289 Å². The van der Waals surface area contributed by atoms with Crippen LogP contribution in [0.1, 0.15) is 0 Å². The van der Waals surface area contributed by atoms with E-state index in [9.17, 15) is 0 Å². The summed E-state index contributed by atoms with van der Waals surface area (Å²) in [4.78, 5) is 6.95. The highest BCUT2D eigenvalue weighted by molar-refractivity contribution is 6.17. The third kappa shape index (κ3) is 4.63. The van der Waals surface area contributed by atoms with E-state index in [4.69, 9.17) is 4.42 Å². The van der Waals surface area contributed by atoms with Gasteiger partial charge >= 0.3 is 0 Å². The van der Waals surface area contributed by atoms with Gasteiger partial charge < -0.3 is 9.32 Å². The summed E-state index contributed by atoms with van der Waals surface area (Å²) in [5, 5.41) is 8.08. The molecule has 0 saturated carbocycles. The van der Waals surface area contributed by atoms with Crippen LogP contribution in [0, 0.1) is 0 Å². The first kappa shape index (κ1) is 28.3. The van der Waals surface area contributed by atoms with Crippen LogP contribution in [0.4, 0.5) is 17.1 Å². The Bertz CT molecular complexity index is 2890. The van der Waals surface area contributed by atoms with Gasteiger partial charge in [0.2, 0.25) is 0 Å². The minimum Gasteiger partial charge on any atom is -0.453 e. The van der Waals surface area contributed by atoms with Crippen molar-refractivity contribution in [1.82, 2.24) is 4.98 Å². The number of benzene rings is 8. The quantitative estimate of drug-likeness (QED) is 0.188. The van der Waals surface area contributed by atoms with Gasteiger partial charge in [0.1, 0.15) is 5.58 Å². The van der Waals surface area contributed by atoms with Crippen molar-refractivity contribution >= 4 is 71.4 Å². The van der Waals surface area contributed by atoms with Crippen molar-refractivity contribution in [2.24, 2.45) is 0 Å². The van der Waals surface area contributed by atoms with Gasteiger partial charge in [0.05, 0.1) is 16.9 Å². The lowest BCUT2D eigenvalue weighted by Gasteiger charge is -2.28. The van der Waals surface area contributed by atoms with Crippen molar-refractivity contribution in [3.8, 4) is 22.3 Å². The Balaban J connectivity index is 1.19. The maximum absolute atomic E-state index is 6.88. The van der Waals surface area contributed by atoms with Crippen LogP contribution in [0.2, 0.25) is 0 Å². The van der Waals surface area contributed by atoms with Gasteiger partial charge in [-0.25, -0.2) is 0 Å². The van der Waals surface area contributed by atoms with E-state index in [2.05, 4.69) is 180 Å². The molecule has 0 atom stereocenters. The van der Waals surface area contributed by atoms with Crippen LogP contribution in [-0.4, -0.2) is 4.98 Å². The van der Waals surface area contributed by atoms with Gasteiger partial charge in [-0.1, -0.05) is 115 Å². The molecule has 10 aromatic rings. The van der Waals surface area contributed by atoms with Crippen LogP contribution in [-0.2, 0) is 0 Å². The van der Waals surface area contributed by atoms with Crippen LogP contribution in [0.3, 0.4) is 0 Å². The summed E-state index contributed by atoms with van der Waals surface area (Å²) in [6, 6.07) is 62.7. The van der Waals surface area contributed by atoms with E-state index in [-0.39, 0.29) is 0 Å². The summed E-state index contributed by atoms with van der Waals surface area (Å²) in [6.45, 7) is 0. The number of fused-ring (bicyclic) bond motifs is 7. The first-order chi connectivity index (χ1) is 24.8. The zero-order valence-electron chi connectivity index (χ0n) is 27.1. The number of rotatable bonds is 5. The van der Waals surface area contributed by atoms with Crippen molar-refractivity contribution in [3.63, 3.8) is 0 Å². The second-order valence-corrected chi connectivity index (χ2v) is 12.8. The molecule has 3 nitrogen and oxygen atoms in total. The summed E-state index contributed by atoms with van der Waals surface area (Å²) >= 11 is 0. The number of aromatic nitrogens is 1. The molecule has 8 aromatic carbocycles. The fourth-order valence-electron chi connectivity index (χ4n) is 7.42. The summed E-state index contributed by atoms with van der Waals surface area (Å²) in [7, 11) is 0. The molecule has 3 heteroatoms. The maximum atomic E-state index is 6.88. The molecule has 50 heavy (non-hydrogen) atoms. The molecule has 10 rings (SSSR count). The average molecular weight is 639 g/mol. The molecule has 0 unspecified atom stereocenters. The van der Waals surface area contributed by atoms with E-state index in [0.717, 1.165) is 61.0 Å². The Morgan fingerprint density at radius 1 is 0.400 bits per heavy atom. The Morgan fingerprint density at radius 3 is 1.82 bits per heavy atom. The van der Waals surface area contributed by atoms with Crippen molar-refractivity contribution in [2.45, 2.75) is 0 Å². The molecule has 0 saturated heterocycles. The zero-order chi connectivity index (χ0) is 33.0. The van der Waals surface area contributed by atoms with Crippen molar-refractivity contribution < 1.29 is 4.42 Å². The molecule has 0 N–H and O–H groups in total. The lowest BCUT2D eigenvalue weighted by atomic mass is 9.98. The number of hydrogen-bond acceptors (Lipinski definition) is 3. The molecule has 0 aliphatic heterocycles. The van der Waals surface area contributed by atoms with Gasteiger partial charge in [-0.15, -0.1) is 0 Å². The van der Waals surface area contributed by atoms with Crippen LogP contribution < -0.4 is 4.90 Å².